The Morgan fingerprint density at radius 2 is 1.44 bits per heavy atom. The zero-order valence-electron chi connectivity index (χ0n) is 21.3. The highest BCUT2D eigenvalue weighted by atomic mass is 16.5. The number of rotatable bonds is 10. The molecule has 5 heteroatoms. The fourth-order valence-corrected chi connectivity index (χ4v) is 5.27. The van der Waals surface area contributed by atoms with Crippen molar-refractivity contribution in [2.45, 2.75) is 44.9 Å². The summed E-state index contributed by atoms with van der Waals surface area (Å²) in [6.07, 6.45) is 2.77. The van der Waals surface area contributed by atoms with Gasteiger partial charge in [-0.05, 0) is 36.1 Å². The molecule has 2 aliphatic rings. The van der Waals surface area contributed by atoms with E-state index < -0.39 is 0 Å². The van der Waals surface area contributed by atoms with Crippen molar-refractivity contribution in [2.75, 3.05) is 37.6 Å². The first-order valence-electron chi connectivity index (χ1n) is 13.2. The molecule has 1 aliphatic heterocycles. The predicted octanol–water partition coefficient (Wildman–Crippen LogP) is 5.36. The molecule has 1 heterocycles. The summed E-state index contributed by atoms with van der Waals surface area (Å²) in [5.41, 5.74) is 3.46. The van der Waals surface area contributed by atoms with Crippen molar-refractivity contribution >= 4 is 11.6 Å². The first-order chi connectivity index (χ1) is 17.7. The third kappa shape index (κ3) is 5.80. The Kier molecular flexibility index (Phi) is 7.69. The van der Waals surface area contributed by atoms with E-state index in [-0.39, 0.29) is 11.4 Å². The molecule has 0 atom stereocenters. The molecule has 0 spiro atoms. The normalized spacial score (nSPS) is 17.5. The van der Waals surface area contributed by atoms with Crippen molar-refractivity contribution in [3.05, 3.63) is 96.1 Å². The lowest BCUT2D eigenvalue weighted by Crippen LogP contribution is -2.55. The molecular formula is C31H37N3O2. The van der Waals surface area contributed by atoms with E-state index in [1.54, 1.807) is 0 Å². The number of anilines is 1. The van der Waals surface area contributed by atoms with Crippen LogP contribution in [0.4, 0.5) is 5.69 Å². The van der Waals surface area contributed by atoms with E-state index in [1.807, 2.05) is 54.3 Å². The molecule has 3 aromatic carbocycles. The molecule has 0 bridgehead atoms. The topological polar surface area (TPSA) is 36.0 Å². The highest BCUT2D eigenvalue weighted by Crippen LogP contribution is 2.44. The standard InChI is InChI=1S/C31H37N3O2/c1-2-30(35)34(28-15-9-10-16-29(28)36-24-27-13-7-4-8-14-27)25-31(17-18-31)33-21-19-32(20-22-33)23-26-11-5-3-6-12-26/h3-16H,2,17-25H2,1H3. The van der Waals surface area contributed by atoms with E-state index in [1.165, 1.54) is 5.56 Å². The van der Waals surface area contributed by atoms with E-state index >= 15 is 0 Å². The Hall–Kier alpha value is -3.15. The summed E-state index contributed by atoms with van der Waals surface area (Å²) in [6, 6.07) is 28.9. The first-order valence-corrected chi connectivity index (χ1v) is 13.2. The number of carbonyl (C=O) groups excluding carboxylic acids is 1. The predicted molar refractivity (Wildman–Crippen MR) is 145 cm³/mol. The van der Waals surface area contributed by atoms with Crippen LogP contribution in [0, 0.1) is 0 Å². The van der Waals surface area contributed by atoms with Crippen molar-refractivity contribution in [1.82, 2.24) is 9.80 Å². The number of piperazine rings is 1. The molecule has 5 rings (SSSR count). The fraction of sp³-hybridized carbons (Fsp3) is 0.387. The van der Waals surface area contributed by atoms with Gasteiger partial charge in [0, 0.05) is 51.2 Å². The number of benzene rings is 3. The number of hydrogen-bond acceptors (Lipinski definition) is 4. The van der Waals surface area contributed by atoms with E-state index in [0.29, 0.717) is 13.0 Å². The van der Waals surface area contributed by atoms with E-state index in [9.17, 15) is 4.79 Å². The second-order valence-corrected chi connectivity index (χ2v) is 10.0. The lowest BCUT2D eigenvalue weighted by Gasteiger charge is -2.41. The molecule has 0 aromatic heterocycles. The van der Waals surface area contributed by atoms with Gasteiger partial charge in [-0.3, -0.25) is 14.6 Å². The van der Waals surface area contributed by atoms with Gasteiger partial charge in [0.05, 0.1) is 5.69 Å². The molecular weight excluding hydrogens is 446 g/mol. The average molecular weight is 484 g/mol. The van der Waals surface area contributed by atoms with Crippen molar-refractivity contribution in [3.8, 4) is 5.75 Å². The minimum atomic E-state index is 0.0796. The van der Waals surface area contributed by atoms with Crippen LogP contribution in [0.15, 0.2) is 84.9 Å². The van der Waals surface area contributed by atoms with Gasteiger partial charge in [0.1, 0.15) is 12.4 Å². The molecule has 1 saturated carbocycles. The summed E-state index contributed by atoms with van der Waals surface area (Å²) in [6.45, 7) is 8.40. The summed E-state index contributed by atoms with van der Waals surface area (Å²) >= 11 is 0. The van der Waals surface area contributed by atoms with Crippen LogP contribution in [0.2, 0.25) is 0 Å². The maximum absolute atomic E-state index is 13.2. The molecule has 0 N–H and O–H groups in total. The minimum Gasteiger partial charge on any atom is -0.487 e. The molecule has 1 amide bonds. The Balaban J connectivity index is 1.26. The number of carbonyl (C=O) groups is 1. The molecule has 36 heavy (non-hydrogen) atoms. The smallest absolute Gasteiger partial charge is 0.226 e. The zero-order valence-corrected chi connectivity index (χ0v) is 21.3. The number of amides is 1. The van der Waals surface area contributed by atoms with Gasteiger partial charge in [0.25, 0.3) is 0 Å². The van der Waals surface area contributed by atoms with Gasteiger partial charge < -0.3 is 9.64 Å². The summed E-state index contributed by atoms with van der Waals surface area (Å²) in [7, 11) is 0. The lowest BCUT2D eigenvalue weighted by molar-refractivity contribution is -0.118. The Morgan fingerprint density at radius 3 is 2.08 bits per heavy atom. The summed E-state index contributed by atoms with van der Waals surface area (Å²) in [4.78, 5) is 20.4. The molecule has 3 aromatic rings. The molecule has 1 aliphatic carbocycles. The van der Waals surface area contributed by atoms with Crippen molar-refractivity contribution in [1.29, 1.82) is 0 Å². The third-order valence-corrected chi connectivity index (χ3v) is 7.57. The van der Waals surface area contributed by atoms with Crippen molar-refractivity contribution in [2.24, 2.45) is 0 Å². The SMILES string of the molecule is CCC(=O)N(CC1(N2CCN(Cc3ccccc3)CC2)CC1)c1ccccc1OCc1ccccc1. The highest BCUT2D eigenvalue weighted by molar-refractivity contribution is 5.95. The monoisotopic (exact) mass is 483 g/mol. The summed E-state index contributed by atoms with van der Waals surface area (Å²) in [5.74, 6) is 0.923. The van der Waals surface area contributed by atoms with Crippen LogP contribution in [0.1, 0.15) is 37.3 Å². The quantitative estimate of drug-likeness (QED) is 0.389. The second-order valence-electron chi connectivity index (χ2n) is 10.0. The van der Waals surface area contributed by atoms with E-state index in [4.69, 9.17) is 4.74 Å². The number of nitrogens with zero attached hydrogens (tertiary/aromatic N) is 3. The maximum atomic E-state index is 13.2. The van der Waals surface area contributed by atoms with Gasteiger partial charge >= 0.3 is 0 Å². The van der Waals surface area contributed by atoms with Crippen LogP contribution in [-0.4, -0.2) is 54.0 Å². The van der Waals surface area contributed by atoms with E-state index in [2.05, 4.69) is 52.3 Å². The minimum absolute atomic E-state index is 0.0796. The van der Waals surface area contributed by atoms with Crippen LogP contribution in [0.25, 0.3) is 0 Å². The Morgan fingerprint density at radius 1 is 0.833 bits per heavy atom. The second kappa shape index (κ2) is 11.3. The molecule has 1 saturated heterocycles. The van der Waals surface area contributed by atoms with Crippen LogP contribution in [0.3, 0.4) is 0 Å². The van der Waals surface area contributed by atoms with Gasteiger partial charge in [-0.15, -0.1) is 0 Å². The number of para-hydroxylation sites is 2. The largest absolute Gasteiger partial charge is 0.487 e. The summed E-state index contributed by atoms with van der Waals surface area (Å²) in [5, 5.41) is 0. The van der Waals surface area contributed by atoms with Gasteiger partial charge in [0.15, 0.2) is 0 Å². The molecule has 2 fully saturated rings. The Labute approximate surface area is 215 Å². The van der Waals surface area contributed by atoms with Gasteiger partial charge in [0.2, 0.25) is 5.91 Å². The van der Waals surface area contributed by atoms with Crippen LogP contribution in [0.5, 0.6) is 5.75 Å². The molecule has 5 nitrogen and oxygen atoms in total. The van der Waals surface area contributed by atoms with Crippen LogP contribution < -0.4 is 9.64 Å². The number of hydrogen-bond donors (Lipinski definition) is 0. The number of ether oxygens (including phenoxy) is 1. The average Bonchev–Trinajstić information content (AvgIpc) is 3.73. The van der Waals surface area contributed by atoms with Crippen LogP contribution in [-0.2, 0) is 17.9 Å². The van der Waals surface area contributed by atoms with Crippen molar-refractivity contribution in [3.63, 3.8) is 0 Å². The molecule has 0 radical (unpaired) electrons. The molecule has 0 unspecified atom stereocenters. The molecule has 188 valence electrons. The fourth-order valence-electron chi connectivity index (χ4n) is 5.27. The van der Waals surface area contributed by atoms with Crippen LogP contribution >= 0.6 is 0 Å². The first kappa shape index (κ1) is 24.5. The van der Waals surface area contributed by atoms with Gasteiger partial charge in [-0.2, -0.15) is 0 Å². The maximum Gasteiger partial charge on any atom is 0.226 e. The van der Waals surface area contributed by atoms with Gasteiger partial charge in [-0.25, -0.2) is 0 Å². The zero-order chi connectivity index (χ0) is 24.8. The highest BCUT2D eigenvalue weighted by Gasteiger charge is 2.50. The lowest BCUT2D eigenvalue weighted by atomic mass is 10.1. The third-order valence-electron chi connectivity index (χ3n) is 7.57. The van der Waals surface area contributed by atoms with E-state index in [0.717, 1.165) is 69.1 Å². The Bertz CT molecular complexity index is 1120. The summed E-state index contributed by atoms with van der Waals surface area (Å²) < 4.78 is 6.24. The van der Waals surface area contributed by atoms with Gasteiger partial charge in [-0.1, -0.05) is 79.7 Å². The van der Waals surface area contributed by atoms with Crippen molar-refractivity contribution < 1.29 is 9.53 Å².